The number of carbonyl (C=O) groups excluding carboxylic acids is 1. The Balaban J connectivity index is 2.20. The molecule has 1 heterocycles. The lowest BCUT2D eigenvalue weighted by molar-refractivity contribution is -0.385. The Bertz CT molecular complexity index is 523. The minimum atomic E-state index is -0.551. The number of methoxy groups -OCH3 is 1. The number of rotatable bonds is 3. The molecule has 1 saturated heterocycles. The quantitative estimate of drug-likeness (QED) is 0.663. The number of likely N-dealkylation sites (tertiary alicyclic amines) is 1. The second kappa shape index (κ2) is 5.87. The van der Waals surface area contributed by atoms with E-state index in [0.29, 0.717) is 31.5 Å². The molecule has 0 bridgehead atoms. The van der Waals surface area contributed by atoms with Gasteiger partial charge in [-0.2, -0.15) is 0 Å². The Labute approximate surface area is 115 Å². The van der Waals surface area contributed by atoms with Crippen LogP contribution in [0.1, 0.15) is 23.2 Å². The van der Waals surface area contributed by atoms with E-state index in [1.807, 2.05) is 0 Å². The van der Waals surface area contributed by atoms with E-state index in [2.05, 4.69) is 0 Å². The number of carbonyl (C=O) groups is 1. The topological polar surface area (TPSA) is 92.9 Å². The fraction of sp³-hybridized carbons (Fsp3) is 0.462. The van der Waals surface area contributed by atoms with Gasteiger partial charge < -0.3 is 14.7 Å². The molecule has 0 spiro atoms. The molecule has 1 aliphatic rings. The molecule has 1 aromatic carbocycles. The molecule has 7 nitrogen and oxygen atoms in total. The van der Waals surface area contributed by atoms with Crippen molar-refractivity contribution in [1.82, 2.24) is 4.90 Å². The number of nitro benzene ring substituents is 1. The van der Waals surface area contributed by atoms with Crippen LogP contribution in [0.15, 0.2) is 18.2 Å². The highest BCUT2D eigenvalue weighted by Crippen LogP contribution is 2.28. The summed E-state index contributed by atoms with van der Waals surface area (Å²) >= 11 is 0. The summed E-state index contributed by atoms with van der Waals surface area (Å²) in [7, 11) is 1.33. The van der Waals surface area contributed by atoms with Gasteiger partial charge in [0.1, 0.15) is 0 Å². The molecule has 0 unspecified atom stereocenters. The number of aliphatic hydroxyl groups excluding tert-OH is 1. The third-order valence-corrected chi connectivity index (χ3v) is 3.38. The molecule has 0 atom stereocenters. The summed E-state index contributed by atoms with van der Waals surface area (Å²) in [6.07, 6.45) is 0.747. The smallest absolute Gasteiger partial charge is 0.310 e. The summed E-state index contributed by atoms with van der Waals surface area (Å²) in [6, 6.07) is 4.07. The summed E-state index contributed by atoms with van der Waals surface area (Å²) < 4.78 is 4.95. The molecular weight excluding hydrogens is 264 g/mol. The van der Waals surface area contributed by atoms with Gasteiger partial charge in [0, 0.05) is 30.8 Å². The van der Waals surface area contributed by atoms with E-state index in [9.17, 15) is 20.0 Å². The number of aliphatic hydroxyl groups is 1. The van der Waals surface area contributed by atoms with Crippen LogP contribution in [0, 0.1) is 10.1 Å². The summed E-state index contributed by atoms with van der Waals surface area (Å²) in [4.78, 5) is 24.2. The molecule has 1 fully saturated rings. The molecule has 1 N–H and O–H groups in total. The zero-order valence-electron chi connectivity index (χ0n) is 11.1. The number of benzene rings is 1. The molecule has 1 aromatic rings. The standard InChI is InChI=1S/C13H16N2O5/c1-20-12-8-9(2-3-11(12)15(18)19)13(17)14-6-4-10(16)5-7-14/h2-3,8,10,16H,4-7H2,1H3. The van der Waals surface area contributed by atoms with Crippen LogP contribution in [0.4, 0.5) is 5.69 Å². The Kier molecular flexibility index (Phi) is 4.19. The van der Waals surface area contributed by atoms with E-state index < -0.39 is 4.92 Å². The molecule has 0 aliphatic carbocycles. The van der Waals surface area contributed by atoms with Crippen LogP contribution in [-0.4, -0.2) is 47.1 Å². The van der Waals surface area contributed by atoms with Crippen LogP contribution in [0.5, 0.6) is 5.75 Å². The summed E-state index contributed by atoms with van der Waals surface area (Å²) in [6.45, 7) is 0.971. The van der Waals surface area contributed by atoms with Crippen LogP contribution in [0.2, 0.25) is 0 Å². The molecule has 2 rings (SSSR count). The Morgan fingerprint density at radius 2 is 2.10 bits per heavy atom. The molecule has 108 valence electrons. The van der Waals surface area contributed by atoms with Crippen molar-refractivity contribution in [3.63, 3.8) is 0 Å². The van der Waals surface area contributed by atoms with Crippen LogP contribution in [-0.2, 0) is 0 Å². The molecule has 0 saturated carbocycles. The van der Waals surface area contributed by atoms with Gasteiger partial charge in [-0.25, -0.2) is 0 Å². The predicted octanol–water partition coefficient (Wildman–Crippen LogP) is 1.20. The van der Waals surface area contributed by atoms with Gasteiger partial charge in [0.15, 0.2) is 5.75 Å². The van der Waals surface area contributed by atoms with Crippen LogP contribution in [0.25, 0.3) is 0 Å². The van der Waals surface area contributed by atoms with Crippen LogP contribution < -0.4 is 4.74 Å². The maximum absolute atomic E-state index is 12.3. The first kappa shape index (κ1) is 14.3. The SMILES string of the molecule is COc1cc(C(=O)N2CCC(O)CC2)ccc1[N+](=O)[O-]. The van der Waals surface area contributed by atoms with E-state index in [4.69, 9.17) is 4.74 Å². The largest absolute Gasteiger partial charge is 0.490 e. The highest BCUT2D eigenvalue weighted by molar-refractivity contribution is 5.95. The van der Waals surface area contributed by atoms with Crippen molar-refractivity contribution in [3.8, 4) is 5.75 Å². The van der Waals surface area contributed by atoms with Crippen molar-refractivity contribution in [2.24, 2.45) is 0 Å². The van der Waals surface area contributed by atoms with Gasteiger partial charge in [0.25, 0.3) is 5.91 Å². The third-order valence-electron chi connectivity index (χ3n) is 3.38. The van der Waals surface area contributed by atoms with E-state index in [-0.39, 0.29) is 23.4 Å². The highest BCUT2D eigenvalue weighted by atomic mass is 16.6. The van der Waals surface area contributed by atoms with Crippen molar-refractivity contribution in [2.75, 3.05) is 20.2 Å². The Morgan fingerprint density at radius 3 is 2.65 bits per heavy atom. The maximum Gasteiger partial charge on any atom is 0.310 e. The first-order valence-electron chi connectivity index (χ1n) is 6.32. The number of nitro groups is 1. The third kappa shape index (κ3) is 2.88. The van der Waals surface area contributed by atoms with E-state index in [1.54, 1.807) is 4.90 Å². The Hall–Kier alpha value is -2.15. The number of hydrogen-bond acceptors (Lipinski definition) is 5. The van der Waals surface area contributed by atoms with Crippen molar-refractivity contribution >= 4 is 11.6 Å². The molecule has 1 aliphatic heterocycles. The summed E-state index contributed by atoms with van der Waals surface area (Å²) in [5.41, 5.74) is 0.182. The van der Waals surface area contributed by atoms with Crippen molar-refractivity contribution in [1.29, 1.82) is 0 Å². The van der Waals surface area contributed by atoms with E-state index >= 15 is 0 Å². The average molecular weight is 280 g/mol. The second-order valence-electron chi connectivity index (χ2n) is 4.67. The molecule has 7 heteroatoms. The van der Waals surface area contributed by atoms with Gasteiger partial charge in [-0.05, 0) is 18.9 Å². The van der Waals surface area contributed by atoms with Crippen molar-refractivity contribution < 1.29 is 19.6 Å². The van der Waals surface area contributed by atoms with Gasteiger partial charge in [-0.1, -0.05) is 0 Å². The van der Waals surface area contributed by atoms with Gasteiger partial charge in [0.05, 0.1) is 18.1 Å². The van der Waals surface area contributed by atoms with E-state index in [0.717, 1.165) is 0 Å². The highest BCUT2D eigenvalue weighted by Gasteiger charge is 2.24. The number of hydrogen-bond donors (Lipinski definition) is 1. The fourth-order valence-electron chi connectivity index (χ4n) is 2.21. The fourth-order valence-corrected chi connectivity index (χ4v) is 2.21. The lowest BCUT2D eigenvalue weighted by Crippen LogP contribution is -2.40. The normalized spacial score (nSPS) is 16.0. The summed E-state index contributed by atoms with van der Waals surface area (Å²) in [5.74, 6) is -0.136. The number of nitrogens with zero attached hydrogens (tertiary/aromatic N) is 2. The number of piperidine rings is 1. The van der Waals surface area contributed by atoms with Crippen molar-refractivity contribution in [3.05, 3.63) is 33.9 Å². The van der Waals surface area contributed by atoms with Gasteiger partial charge in [-0.15, -0.1) is 0 Å². The zero-order valence-corrected chi connectivity index (χ0v) is 11.1. The molecule has 0 aromatic heterocycles. The first-order chi connectivity index (χ1) is 9.52. The zero-order chi connectivity index (χ0) is 14.7. The minimum Gasteiger partial charge on any atom is -0.490 e. The lowest BCUT2D eigenvalue weighted by atomic mass is 10.1. The number of ether oxygens (including phenoxy) is 1. The molecule has 0 radical (unpaired) electrons. The van der Waals surface area contributed by atoms with Gasteiger partial charge in [-0.3, -0.25) is 14.9 Å². The van der Waals surface area contributed by atoms with Gasteiger partial charge in [0.2, 0.25) is 0 Å². The predicted molar refractivity (Wildman–Crippen MR) is 70.8 cm³/mol. The molecule has 1 amide bonds. The maximum atomic E-state index is 12.3. The van der Waals surface area contributed by atoms with Crippen molar-refractivity contribution in [2.45, 2.75) is 18.9 Å². The molecular formula is C13H16N2O5. The van der Waals surface area contributed by atoms with Gasteiger partial charge >= 0.3 is 5.69 Å². The van der Waals surface area contributed by atoms with Crippen LogP contribution >= 0.6 is 0 Å². The Morgan fingerprint density at radius 1 is 1.45 bits per heavy atom. The lowest BCUT2D eigenvalue weighted by Gasteiger charge is -2.29. The average Bonchev–Trinajstić information content (AvgIpc) is 2.46. The first-order valence-corrected chi connectivity index (χ1v) is 6.32. The van der Waals surface area contributed by atoms with E-state index in [1.165, 1.54) is 25.3 Å². The minimum absolute atomic E-state index is 0.0675. The second-order valence-corrected chi connectivity index (χ2v) is 4.67. The van der Waals surface area contributed by atoms with Crippen LogP contribution in [0.3, 0.4) is 0 Å². The number of amides is 1. The summed E-state index contributed by atoms with van der Waals surface area (Å²) in [5, 5.41) is 20.2. The molecule has 20 heavy (non-hydrogen) atoms. The monoisotopic (exact) mass is 280 g/mol.